The standard InChI is InChI=1S/C16H22N2/c1-4-12-6-5-7-14-15(13-8-9-17-10-13)11(2)18(3)16(12)14/h5-7,13,17H,4,8-10H2,1-3H3. The van der Waals surface area contributed by atoms with Gasteiger partial charge in [0.2, 0.25) is 0 Å². The van der Waals surface area contributed by atoms with Crippen LogP contribution in [-0.4, -0.2) is 17.7 Å². The number of aryl methyl sites for hydroxylation is 2. The fourth-order valence-corrected chi connectivity index (χ4v) is 3.45. The van der Waals surface area contributed by atoms with Crippen LogP contribution in [0.25, 0.3) is 10.9 Å². The highest BCUT2D eigenvalue weighted by Gasteiger charge is 2.24. The fraction of sp³-hybridized carbons (Fsp3) is 0.500. The minimum Gasteiger partial charge on any atom is -0.347 e. The average molecular weight is 242 g/mol. The second kappa shape index (κ2) is 4.43. The number of hydrogen-bond donors (Lipinski definition) is 1. The van der Waals surface area contributed by atoms with Gasteiger partial charge in [0.25, 0.3) is 0 Å². The summed E-state index contributed by atoms with van der Waals surface area (Å²) >= 11 is 0. The van der Waals surface area contributed by atoms with Crippen LogP contribution in [-0.2, 0) is 13.5 Å². The van der Waals surface area contributed by atoms with Crippen LogP contribution in [0.4, 0.5) is 0 Å². The van der Waals surface area contributed by atoms with Crippen LogP contribution in [0, 0.1) is 6.92 Å². The molecule has 0 radical (unpaired) electrons. The van der Waals surface area contributed by atoms with Crippen LogP contribution in [0.1, 0.15) is 36.1 Å². The van der Waals surface area contributed by atoms with Crippen molar-refractivity contribution in [3.05, 3.63) is 35.0 Å². The molecule has 1 aromatic heterocycles. The van der Waals surface area contributed by atoms with E-state index >= 15 is 0 Å². The van der Waals surface area contributed by atoms with E-state index in [1.54, 1.807) is 5.56 Å². The van der Waals surface area contributed by atoms with Crippen molar-refractivity contribution >= 4 is 10.9 Å². The molecule has 1 saturated heterocycles. The Balaban J connectivity index is 2.28. The van der Waals surface area contributed by atoms with Crippen molar-refractivity contribution in [3.8, 4) is 0 Å². The number of hydrogen-bond acceptors (Lipinski definition) is 1. The Morgan fingerprint density at radius 1 is 1.39 bits per heavy atom. The second-order valence-electron chi connectivity index (χ2n) is 5.41. The van der Waals surface area contributed by atoms with Crippen molar-refractivity contribution in [2.24, 2.45) is 7.05 Å². The minimum absolute atomic E-state index is 0.695. The van der Waals surface area contributed by atoms with E-state index in [1.807, 2.05) is 0 Å². The van der Waals surface area contributed by atoms with Gasteiger partial charge >= 0.3 is 0 Å². The van der Waals surface area contributed by atoms with Crippen LogP contribution in [0.2, 0.25) is 0 Å². The lowest BCUT2D eigenvalue weighted by Gasteiger charge is -2.09. The molecule has 2 heteroatoms. The summed E-state index contributed by atoms with van der Waals surface area (Å²) in [4.78, 5) is 0. The fourth-order valence-electron chi connectivity index (χ4n) is 3.45. The number of nitrogens with zero attached hydrogens (tertiary/aromatic N) is 1. The van der Waals surface area contributed by atoms with Crippen molar-refractivity contribution < 1.29 is 0 Å². The maximum atomic E-state index is 3.49. The number of para-hydroxylation sites is 1. The summed E-state index contributed by atoms with van der Waals surface area (Å²) < 4.78 is 2.39. The third-order valence-corrected chi connectivity index (χ3v) is 4.49. The third-order valence-electron chi connectivity index (χ3n) is 4.49. The van der Waals surface area contributed by atoms with Crippen LogP contribution < -0.4 is 5.32 Å². The number of rotatable bonds is 2. The Kier molecular flexibility index (Phi) is 2.90. The van der Waals surface area contributed by atoms with E-state index < -0.39 is 0 Å². The van der Waals surface area contributed by atoms with E-state index in [1.165, 1.54) is 28.6 Å². The quantitative estimate of drug-likeness (QED) is 0.856. The van der Waals surface area contributed by atoms with Crippen LogP contribution >= 0.6 is 0 Å². The van der Waals surface area contributed by atoms with Crippen molar-refractivity contribution in [3.63, 3.8) is 0 Å². The molecule has 2 nitrogen and oxygen atoms in total. The normalized spacial score (nSPS) is 19.8. The van der Waals surface area contributed by atoms with E-state index in [0.29, 0.717) is 5.92 Å². The van der Waals surface area contributed by atoms with E-state index in [4.69, 9.17) is 0 Å². The van der Waals surface area contributed by atoms with Crippen molar-refractivity contribution in [2.45, 2.75) is 32.6 Å². The molecule has 0 aliphatic carbocycles. The van der Waals surface area contributed by atoms with Gasteiger partial charge in [0.1, 0.15) is 0 Å². The summed E-state index contributed by atoms with van der Waals surface area (Å²) in [6.45, 7) is 6.81. The van der Waals surface area contributed by atoms with Gasteiger partial charge in [-0.1, -0.05) is 25.1 Å². The molecule has 18 heavy (non-hydrogen) atoms. The number of nitrogens with one attached hydrogen (secondary N) is 1. The van der Waals surface area contributed by atoms with E-state index in [9.17, 15) is 0 Å². The Bertz CT molecular complexity index is 574. The highest BCUT2D eigenvalue weighted by molar-refractivity contribution is 5.88. The minimum atomic E-state index is 0.695. The third kappa shape index (κ3) is 1.59. The van der Waals surface area contributed by atoms with Gasteiger partial charge in [-0.3, -0.25) is 0 Å². The summed E-state index contributed by atoms with van der Waals surface area (Å²) in [6.07, 6.45) is 2.38. The van der Waals surface area contributed by atoms with E-state index in [-0.39, 0.29) is 0 Å². The van der Waals surface area contributed by atoms with Gasteiger partial charge in [0.05, 0.1) is 5.52 Å². The molecule has 1 N–H and O–H groups in total. The molecule has 3 rings (SSSR count). The Labute approximate surface area is 109 Å². The van der Waals surface area contributed by atoms with Crippen molar-refractivity contribution in [1.82, 2.24) is 9.88 Å². The smallest absolute Gasteiger partial charge is 0.0515 e. The zero-order valence-electron chi connectivity index (χ0n) is 11.6. The van der Waals surface area contributed by atoms with Crippen LogP contribution in [0.15, 0.2) is 18.2 Å². The molecule has 96 valence electrons. The number of fused-ring (bicyclic) bond motifs is 1. The Morgan fingerprint density at radius 2 is 2.22 bits per heavy atom. The van der Waals surface area contributed by atoms with E-state index in [0.717, 1.165) is 19.5 Å². The maximum Gasteiger partial charge on any atom is 0.0515 e. The summed E-state index contributed by atoms with van der Waals surface area (Å²) in [5.74, 6) is 0.695. The molecule has 2 heterocycles. The molecular weight excluding hydrogens is 220 g/mol. The molecule has 2 aromatic rings. The first-order valence-corrected chi connectivity index (χ1v) is 7.01. The Morgan fingerprint density at radius 3 is 2.89 bits per heavy atom. The summed E-state index contributed by atoms with van der Waals surface area (Å²) in [5, 5.41) is 4.97. The maximum absolute atomic E-state index is 3.49. The highest BCUT2D eigenvalue weighted by Crippen LogP contribution is 2.35. The first kappa shape index (κ1) is 11.8. The van der Waals surface area contributed by atoms with Gasteiger partial charge in [-0.05, 0) is 43.4 Å². The summed E-state index contributed by atoms with van der Waals surface area (Å²) in [7, 11) is 2.21. The van der Waals surface area contributed by atoms with Crippen molar-refractivity contribution in [2.75, 3.05) is 13.1 Å². The van der Waals surface area contributed by atoms with Crippen LogP contribution in [0.3, 0.4) is 0 Å². The topological polar surface area (TPSA) is 17.0 Å². The first-order chi connectivity index (χ1) is 8.74. The molecular formula is C16H22N2. The Hall–Kier alpha value is -1.28. The van der Waals surface area contributed by atoms with Crippen molar-refractivity contribution in [1.29, 1.82) is 0 Å². The number of aromatic nitrogens is 1. The number of benzene rings is 1. The van der Waals surface area contributed by atoms with Gasteiger partial charge in [-0.25, -0.2) is 0 Å². The first-order valence-electron chi connectivity index (χ1n) is 7.01. The molecule has 1 aromatic carbocycles. The SMILES string of the molecule is CCc1cccc2c(C3CCNC3)c(C)n(C)c12. The largest absolute Gasteiger partial charge is 0.347 e. The lowest BCUT2D eigenvalue weighted by molar-refractivity contribution is 0.751. The molecule has 1 aliphatic rings. The predicted octanol–water partition coefficient (Wildman–Crippen LogP) is 3.13. The molecule has 0 amide bonds. The summed E-state index contributed by atoms with van der Waals surface area (Å²) in [5.41, 5.74) is 5.93. The molecule has 1 atom stereocenters. The molecule has 0 saturated carbocycles. The van der Waals surface area contributed by atoms with Gasteiger partial charge in [0.15, 0.2) is 0 Å². The molecule has 0 bridgehead atoms. The molecule has 1 unspecified atom stereocenters. The van der Waals surface area contributed by atoms with Gasteiger partial charge < -0.3 is 9.88 Å². The molecule has 1 fully saturated rings. The predicted molar refractivity (Wildman–Crippen MR) is 77.3 cm³/mol. The average Bonchev–Trinajstić information content (AvgIpc) is 2.98. The lowest BCUT2D eigenvalue weighted by Crippen LogP contribution is -2.08. The summed E-state index contributed by atoms with van der Waals surface area (Å²) in [6, 6.07) is 6.78. The molecule has 1 aliphatic heterocycles. The highest BCUT2D eigenvalue weighted by atomic mass is 15.0. The van der Waals surface area contributed by atoms with Gasteiger partial charge in [-0.2, -0.15) is 0 Å². The monoisotopic (exact) mass is 242 g/mol. The zero-order valence-corrected chi connectivity index (χ0v) is 11.6. The second-order valence-corrected chi connectivity index (χ2v) is 5.41. The lowest BCUT2D eigenvalue weighted by atomic mass is 9.94. The van der Waals surface area contributed by atoms with Gasteiger partial charge in [-0.15, -0.1) is 0 Å². The van der Waals surface area contributed by atoms with Crippen LogP contribution in [0.5, 0.6) is 0 Å². The van der Waals surface area contributed by atoms with E-state index in [2.05, 4.69) is 49.0 Å². The zero-order chi connectivity index (χ0) is 12.7. The van der Waals surface area contributed by atoms with Gasteiger partial charge in [0, 0.05) is 24.7 Å². The molecule has 0 spiro atoms.